The fourth-order valence-electron chi connectivity index (χ4n) is 1.72. The lowest BCUT2D eigenvalue weighted by Crippen LogP contribution is -2.06. The van der Waals surface area contributed by atoms with Crippen molar-refractivity contribution in [3.63, 3.8) is 0 Å². The fraction of sp³-hybridized carbons (Fsp3) is 0.214. The molecule has 18 heavy (non-hydrogen) atoms. The van der Waals surface area contributed by atoms with E-state index in [9.17, 15) is 0 Å². The average molecular weight is 257 g/mol. The van der Waals surface area contributed by atoms with Gasteiger partial charge in [0, 0.05) is 23.9 Å². The maximum Gasteiger partial charge on any atom is 0.0724 e. The molecule has 4 heteroatoms. The van der Waals surface area contributed by atoms with E-state index in [1.54, 1.807) is 18.0 Å². The number of nitrogen functional groups attached to an aromatic ring is 1. The smallest absolute Gasteiger partial charge is 0.0724 e. The van der Waals surface area contributed by atoms with Crippen LogP contribution in [0.15, 0.2) is 30.5 Å². The molecule has 1 aromatic heterocycles. The van der Waals surface area contributed by atoms with Gasteiger partial charge >= 0.3 is 0 Å². The summed E-state index contributed by atoms with van der Waals surface area (Å²) in [6, 6.07) is 7.82. The first-order valence-electron chi connectivity index (χ1n) is 5.71. The Morgan fingerprint density at radius 1 is 1.39 bits per heavy atom. The molecule has 0 aliphatic heterocycles. The van der Waals surface area contributed by atoms with E-state index in [1.165, 1.54) is 0 Å². The van der Waals surface area contributed by atoms with E-state index in [0.717, 1.165) is 40.3 Å². The Kier molecular flexibility index (Phi) is 4.32. The largest absolute Gasteiger partial charge is 0.397 e. The Morgan fingerprint density at radius 3 is 3.11 bits per heavy atom. The van der Waals surface area contributed by atoms with Crippen molar-refractivity contribution in [1.29, 1.82) is 0 Å². The van der Waals surface area contributed by atoms with E-state index in [0.29, 0.717) is 0 Å². The molecule has 0 saturated carbocycles. The molecular formula is C14H15N3S. The number of hydrogen-bond acceptors (Lipinski definition) is 4. The highest BCUT2D eigenvalue weighted by Gasteiger charge is 2.03. The Balaban J connectivity index is 2.05. The SMILES string of the molecule is C#CCSCCNc1ccc2ncccc2c1N. The molecule has 3 N–H and O–H groups in total. The number of pyridine rings is 1. The van der Waals surface area contributed by atoms with Gasteiger partial charge in [-0.3, -0.25) is 4.98 Å². The van der Waals surface area contributed by atoms with Crippen molar-refractivity contribution in [2.45, 2.75) is 0 Å². The van der Waals surface area contributed by atoms with Crippen LogP contribution in [-0.2, 0) is 0 Å². The lowest BCUT2D eigenvalue weighted by atomic mass is 10.1. The molecule has 92 valence electrons. The van der Waals surface area contributed by atoms with Gasteiger partial charge in [0.2, 0.25) is 0 Å². The normalized spacial score (nSPS) is 10.2. The van der Waals surface area contributed by atoms with Crippen molar-refractivity contribution in [1.82, 2.24) is 4.98 Å². The Bertz CT molecular complexity index is 575. The van der Waals surface area contributed by atoms with E-state index in [4.69, 9.17) is 12.2 Å². The van der Waals surface area contributed by atoms with Crippen LogP contribution < -0.4 is 11.1 Å². The minimum atomic E-state index is 0.749. The second-order valence-electron chi connectivity index (χ2n) is 3.78. The predicted octanol–water partition coefficient (Wildman–Crippen LogP) is 2.60. The third-order valence-electron chi connectivity index (χ3n) is 2.57. The summed E-state index contributed by atoms with van der Waals surface area (Å²) in [4.78, 5) is 4.27. The molecule has 0 radical (unpaired) electrons. The zero-order chi connectivity index (χ0) is 12.8. The van der Waals surface area contributed by atoms with Gasteiger partial charge in [-0.15, -0.1) is 18.2 Å². The number of thioether (sulfide) groups is 1. The minimum Gasteiger partial charge on any atom is -0.397 e. The number of nitrogens with zero attached hydrogens (tertiary/aromatic N) is 1. The molecule has 0 bridgehead atoms. The van der Waals surface area contributed by atoms with Gasteiger partial charge in [0.15, 0.2) is 0 Å². The molecule has 2 aromatic rings. The second-order valence-corrected chi connectivity index (χ2v) is 4.89. The number of hydrogen-bond donors (Lipinski definition) is 2. The summed E-state index contributed by atoms with van der Waals surface area (Å²) in [5, 5.41) is 4.31. The second kappa shape index (κ2) is 6.18. The number of terminal acetylenes is 1. The van der Waals surface area contributed by atoms with Crippen molar-refractivity contribution < 1.29 is 0 Å². The molecule has 3 nitrogen and oxygen atoms in total. The van der Waals surface area contributed by atoms with Crippen molar-refractivity contribution >= 4 is 34.0 Å². The third-order valence-corrected chi connectivity index (χ3v) is 3.44. The molecule has 2 rings (SSSR count). The van der Waals surface area contributed by atoms with E-state index in [-0.39, 0.29) is 0 Å². The van der Waals surface area contributed by atoms with Crippen molar-refractivity contribution in [3.05, 3.63) is 30.5 Å². The van der Waals surface area contributed by atoms with Crippen LogP contribution in [0.5, 0.6) is 0 Å². The summed E-state index contributed by atoms with van der Waals surface area (Å²) in [7, 11) is 0. The van der Waals surface area contributed by atoms with Crippen molar-refractivity contribution in [2.24, 2.45) is 0 Å². The topological polar surface area (TPSA) is 50.9 Å². The summed E-state index contributed by atoms with van der Waals surface area (Å²) in [5.41, 5.74) is 8.74. The van der Waals surface area contributed by atoms with E-state index in [2.05, 4.69) is 16.2 Å². The van der Waals surface area contributed by atoms with Gasteiger partial charge in [-0.1, -0.05) is 5.92 Å². The molecule has 0 spiro atoms. The number of benzene rings is 1. The monoisotopic (exact) mass is 257 g/mol. The summed E-state index contributed by atoms with van der Waals surface area (Å²) < 4.78 is 0. The van der Waals surface area contributed by atoms with E-state index < -0.39 is 0 Å². The summed E-state index contributed by atoms with van der Waals surface area (Å²) in [6.45, 7) is 0.850. The maximum absolute atomic E-state index is 6.12. The van der Waals surface area contributed by atoms with Crippen LogP contribution in [0, 0.1) is 12.3 Å². The summed E-state index contributed by atoms with van der Waals surface area (Å²) >= 11 is 1.73. The predicted molar refractivity (Wildman–Crippen MR) is 80.8 cm³/mol. The lowest BCUT2D eigenvalue weighted by molar-refractivity contribution is 1.23. The number of aromatic nitrogens is 1. The van der Waals surface area contributed by atoms with Crippen molar-refractivity contribution in [2.75, 3.05) is 29.1 Å². The maximum atomic E-state index is 6.12. The van der Waals surface area contributed by atoms with Gasteiger partial charge in [-0.25, -0.2) is 0 Å². The number of anilines is 2. The number of rotatable bonds is 5. The highest BCUT2D eigenvalue weighted by atomic mass is 32.2. The zero-order valence-electron chi connectivity index (χ0n) is 10.0. The van der Waals surface area contributed by atoms with Gasteiger partial charge in [0.05, 0.1) is 22.6 Å². The molecule has 0 amide bonds. The van der Waals surface area contributed by atoms with Crippen LogP contribution in [-0.4, -0.2) is 23.0 Å². The molecule has 0 saturated heterocycles. The number of nitrogens with one attached hydrogen (secondary N) is 1. The third kappa shape index (κ3) is 2.88. The van der Waals surface area contributed by atoms with Crippen LogP contribution >= 0.6 is 11.8 Å². The Hall–Kier alpha value is -1.86. The Morgan fingerprint density at radius 2 is 2.28 bits per heavy atom. The fourth-order valence-corrected chi connectivity index (χ4v) is 2.23. The lowest BCUT2D eigenvalue weighted by Gasteiger charge is -2.10. The van der Waals surface area contributed by atoms with E-state index >= 15 is 0 Å². The molecule has 0 unspecified atom stereocenters. The van der Waals surface area contributed by atoms with Gasteiger partial charge in [0.1, 0.15) is 0 Å². The molecule has 0 fully saturated rings. The average Bonchev–Trinajstić information content (AvgIpc) is 2.41. The zero-order valence-corrected chi connectivity index (χ0v) is 10.8. The molecular weight excluding hydrogens is 242 g/mol. The van der Waals surface area contributed by atoms with Gasteiger partial charge in [-0.05, 0) is 24.3 Å². The van der Waals surface area contributed by atoms with Gasteiger partial charge in [-0.2, -0.15) is 0 Å². The van der Waals surface area contributed by atoms with Crippen LogP contribution in [0.25, 0.3) is 10.9 Å². The first-order valence-corrected chi connectivity index (χ1v) is 6.86. The number of nitrogens with two attached hydrogens (primary N) is 1. The summed E-state index contributed by atoms with van der Waals surface area (Å²) in [5.74, 6) is 4.32. The van der Waals surface area contributed by atoms with Crippen LogP contribution in [0.1, 0.15) is 0 Å². The quantitative estimate of drug-likeness (QED) is 0.491. The standard InChI is InChI=1S/C14H15N3S/c1-2-9-18-10-8-17-13-6-5-12-11(14(13)15)4-3-7-16-12/h1,3-7,17H,8-10,15H2. The van der Waals surface area contributed by atoms with Crippen LogP contribution in [0.3, 0.4) is 0 Å². The van der Waals surface area contributed by atoms with Crippen LogP contribution in [0.4, 0.5) is 11.4 Å². The highest BCUT2D eigenvalue weighted by Crippen LogP contribution is 2.27. The summed E-state index contributed by atoms with van der Waals surface area (Å²) in [6.07, 6.45) is 6.96. The molecule has 1 heterocycles. The van der Waals surface area contributed by atoms with E-state index in [1.807, 2.05) is 24.3 Å². The Labute approximate surface area is 111 Å². The molecule has 0 aliphatic rings. The number of fused-ring (bicyclic) bond motifs is 1. The molecule has 0 atom stereocenters. The van der Waals surface area contributed by atoms with Crippen molar-refractivity contribution in [3.8, 4) is 12.3 Å². The first kappa shape index (κ1) is 12.6. The van der Waals surface area contributed by atoms with Crippen LogP contribution in [0.2, 0.25) is 0 Å². The van der Waals surface area contributed by atoms with Gasteiger partial charge in [0.25, 0.3) is 0 Å². The van der Waals surface area contributed by atoms with Gasteiger partial charge < -0.3 is 11.1 Å². The molecule has 0 aliphatic carbocycles. The first-order chi connectivity index (χ1) is 8.83. The molecule has 1 aromatic carbocycles. The minimum absolute atomic E-state index is 0.749. The highest BCUT2D eigenvalue weighted by molar-refractivity contribution is 7.99.